The van der Waals surface area contributed by atoms with E-state index in [0.717, 1.165) is 54.8 Å². The molecule has 1 saturated carbocycles. The maximum atomic E-state index is 16.4. The van der Waals surface area contributed by atoms with Crippen molar-refractivity contribution in [2.45, 2.75) is 73.7 Å². The number of fused-ring (bicyclic) bond motifs is 1. The molecule has 0 unspecified atom stereocenters. The number of alkyl halides is 5. The van der Waals surface area contributed by atoms with Gasteiger partial charge in [0, 0.05) is 29.2 Å². The maximum Gasteiger partial charge on any atom is 0.402 e. The van der Waals surface area contributed by atoms with Crippen molar-refractivity contribution >= 4 is 42.6 Å². The molecule has 5 rings (SSSR count). The molecule has 7 nitrogen and oxygen atoms in total. The summed E-state index contributed by atoms with van der Waals surface area (Å²) in [4.78, 5) is 14.1. The van der Waals surface area contributed by atoms with Gasteiger partial charge in [-0.05, 0) is 85.7 Å². The van der Waals surface area contributed by atoms with Crippen molar-refractivity contribution < 1.29 is 39.9 Å². The first-order chi connectivity index (χ1) is 21.1. The number of halogens is 6. The normalized spacial score (nSPS) is 18.1. The Labute approximate surface area is 266 Å². The van der Waals surface area contributed by atoms with E-state index in [0.29, 0.717) is 21.0 Å². The predicted molar refractivity (Wildman–Crippen MR) is 162 cm³/mol. The van der Waals surface area contributed by atoms with Gasteiger partial charge < -0.3 is 15.4 Å². The van der Waals surface area contributed by atoms with Crippen LogP contribution in [0.4, 0.5) is 22.0 Å². The zero-order chi connectivity index (χ0) is 32.6. The topological polar surface area (TPSA) is 92.9 Å². The van der Waals surface area contributed by atoms with Crippen LogP contribution in [-0.2, 0) is 20.7 Å². The van der Waals surface area contributed by atoms with Gasteiger partial charge in [0.1, 0.15) is 12.3 Å². The lowest BCUT2D eigenvalue weighted by Gasteiger charge is -2.40. The largest absolute Gasteiger partial charge is 0.490 e. The van der Waals surface area contributed by atoms with Crippen molar-refractivity contribution in [3.8, 4) is 5.75 Å². The van der Waals surface area contributed by atoms with E-state index in [1.807, 2.05) is 0 Å². The van der Waals surface area contributed by atoms with E-state index < -0.39 is 55.4 Å². The molecule has 14 heteroatoms. The third-order valence-electron chi connectivity index (χ3n) is 8.28. The van der Waals surface area contributed by atoms with Crippen molar-refractivity contribution in [3.05, 3.63) is 70.7 Å². The average Bonchev–Trinajstić information content (AvgIpc) is 3.49. The molecule has 0 spiro atoms. The molecular weight excluding hydrogens is 685 g/mol. The number of carbonyl (C=O) groups excluding carboxylic acids is 1. The molecule has 3 aromatic rings. The lowest BCUT2D eigenvalue weighted by Crippen LogP contribution is -2.60. The molecule has 1 amide bonds. The first kappa shape index (κ1) is 33.6. The number of likely N-dealkylation sites (tertiary alicyclic amines) is 1. The van der Waals surface area contributed by atoms with E-state index in [1.54, 1.807) is 18.2 Å². The molecule has 1 atom stereocenters. The van der Waals surface area contributed by atoms with E-state index in [-0.39, 0.29) is 38.1 Å². The van der Waals surface area contributed by atoms with E-state index in [9.17, 15) is 26.4 Å². The molecule has 1 aliphatic heterocycles. The summed E-state index contributed by atoms with van der Waals surface area (Å²) in [6, 6.07) is 9.43. The summed E-state index contributed by atoms with van der Waals surface area (Å²) in [6.07, 6.45) is -0.784. The Morgan fingerprint density at radius 1 is 0.933 bits per heavy atom. The molecule has 0 bridgehead atoms. The second-order valence-electron chi connectivity index (χ2n) is 11.6. The summed E-state index contributed by atoms with van der Waals surface area (Å²) < 4.78 is 109. The quantitative estimate of drug-likeness (QED) is 0.252. The van der Waals surface area contributed by atoms with Gasteiger partial charge in [-0.25, -0.2) is 8.42 Å². The molecular formula is C31H33BrF5N3O4S. The van der Waals surface area contributed by atoms with Crippen LogP contribution in [0.3, 0.4) is 0 Å². The van der Waals surface area contributed by atoms with Gasteiger partial charge in [-0.15, -0.1) is 0 Å². The number of nitrogens with zero attached hydrogens (tertiary/aromatic N) is 2. The van der Waals surface area contributed by atoms with Gasteiger partial charge >= 0.3 is 6.18 Å². The fraction of sp³-hybridized carbons (Fsp3) is 0.452. The lowest BCUT2D eigenvalue weighted by molar-refractivity contribution is -0.169. The zero-order valence-corrected chi connectivity index (χ0v) is 26.6. The molecule has 0 radical (unpaired) electrons. The first-order valence-electron chi connectivity index (χ1n) is 14.6. The molecule has 1 saturated heterocycles. The average molecular weight is 719 g/mol. The van der Waals surface area contributed by atoms with Gasteiger partial charge in [0.2, 0.25) is 15.9 Å². The molecule has 45 heavy (non-hydrogen) atoms. The number of nitrogens with two attached hydrogens (primary N) is 1. The van der Waals surface area contributed by atoms with Crippen LogP contribution in [0.15, 0.2) is 70.0 Å². The highest BCUT2D eigenvalue weighted by atomic mass is 79.9. The number of hydrogen-bond donors (Lipinski definition) is 1. The third kappa shape index (κ3) is 7.61. The van der Waals surface area contributed by atoms with E-state index in [2.05, 4.69) is 15.9 Å². The van der Waals surface area contributed by atoms with Gasteiger partial charge in [0.05, 0.1) is 11.0 Å². The van der Waals surface area contributed by atoms with Crippen LogP contribution >= 0.6 is 15.9 Å². The summed E-state index contributed by atoms with van der Waals surface area (Å²) >= 11 is 3.13. The van der Waals surface area contributed by atoms with Gasteiger partial charge in [-0.1, -0.05) is 40.2 Å². The van der Waals surface area contributed by atoms with Crippen molar-refractivity contribution in [2.24, 2.45) is 5.73 Å². The number of ether oxygens (including phenoxy) is 1. The van der Waals surface area contributed by atoms with Crippen molar-refractivity contribution in [3.63, 3.8) is 0 Å². The van der Waals surface area contributed by atoms with Crippen molar-refractivity contribution in [1.82, 2.24) is 9.21 Å². The molecule has 2 fully saturated rings. The fourth-order valence-electron chi connectivity index (χ4n) is 5.84. The highest BCUT2D eigenvalue weighted by Gasteiger charge is 2.56. The fourth-order valence-corrected chi connectivity index (χ4v) is 7.71. The van der Waals surface area contributed by atoms with Crippen LogP contribution < -0.4 is 10.5 Å². The smallest absolute Gasteiger partial charge is 0.402 e. The number of carbonyl (C=O) groups is 1. The summed E-state index contributed by atoms with van der Waals surface area (Å²) in [5.74, 6) is -5.22. The molecule has 1 aliphatic carbocycles. The first-order valence-corrected chi connectivity index (χ1v) is 16.9. The predicted octanol–water partition coefficient (Wildman–Crippen LogP) is 6.59. The second kappa shape index (κ2) is 13.1. The Hall–Kier alpha value is -2.81. The highest BCUT2D eigenvalue weighted by Crippen LogP contribution is 2.40. The summed E-state index contributed by atoms with van der Waals surface area (Å²) in [7, 11) is -5.33. The van der Waals surface area contributed by atoms with E-state index in [4.69, 9.17) is 10.5 Å². The van der Waals surface area contributed by atoms with Gasteiger partial charge in [0.25, 0.3) is 5.92 Å². The molecule has 3 aromatic carbocycles. The van der Waals surface area contributed by atoms with Crippen LogP contribution in [0.1, 0.15) is 44.1 Å². The minimum atomic E-state index is -5.33. The number of rotatable bonds is 9. The maximum absolute atomic E-state index is 16.4. The van der Waals surface area contributed by atoms with Gasteiger partial charge in [-0.2, -0.15) is 26.3 Å². The van der Waals surface area contributed by atoms with Gasteiger partial charge in [-0.3, -0.25) is 4.79 Å². The number of sulfonamides is 1. The summed E-state index contributed by atoms with van der Waals surface area (Å²) in [6.45, 7) is -2.51. The highest BCUT2D eigenvalue weighted by molar-refractivity contribution is 9.10. The molecule has 244 valence electrons. The Balaban J connectivity index is 1.58. The van der Waals surface area contributed by atoms with Crippen LogP contribution in [0, 0.1) is 0 Å². The summed E-state index contributed by atoms with van der Waals surface area (Å²) in [5, 5.41) is 0.888. The molecule has 2 N–H and O–H groups in total. The second-order valence-corrected chi connectivity index (χ2v) is 14.4. The van der Waals surface area contributed by atoms with Crippen molar-refractivity contribution in [1.29, 1.82) is 0 Å². The van der Waals surface area contributed by atoms with E-state index >= 15 is 8.78 Å². The number of benzene rings is 3. The lowest BCUT2D eigenvalue weighted by atomic mass is 9.98. The third-order valence-corrected chi connectivity index (χ3v) is 10.6. The van der Waals surface area contributed by atoms with E-state index in [1.165, 1.54) is 18.2 Å². The van der Waals surface area contributed by atoms with Crippen molar-refractivity contribution in [2.75, 3.05) is 19.6 Å². The molecule has 0 aromatic heterocycles. The van der Waals surface area contributed by atoms with Gasteiger partial charge in [0.15, 0.2) is 6.04 Å². The molecule has 1 heterocycles. The minimum absolute atomic E-state index is 0.0653. The Morgan fingerprint density at radius 2 is 1.53 bits per heavy atom. The van der Waals surface area contributed by atoms with Crippen LogP contribution in [0.5, 0.6) is 5.75 Å². The number of amides is 1. The number of hydrogen-bond acceptors (Lipinski definition) is 5. The monoisotopic (exact) mass is 717 g/mol. The number of piperidine rings is 1. The zero-order valence-electron chi connectivity index (χ0n) is 24.2. The standard InChI is InChI=1S/C31H33BrF5N3O4S/c32-23-9-7-22(8-10-23)31(36,37)28(29(41)39-15-13-24(38)14-16-39)40(19-30(33,34)35)45(42,43)27-12-6-20-17-26(11-5-21(20)18-27)44-25-3-1-2-4-25/h5-12,17-18,24-25,28H,1-4,13-16,19,38H2/t28-/m1/s1. The van der Waals surface area contributed by atoms with Crippen LogP contribution in [0.25, 0.3) is 10.8 Å². The summed E-state index contributed by atoms with van der Waals surface area (Å²) in [5.41, 5.74) is 5.08. The Bertz CT molecular complexity index is 1620. The Kier molecular flexibility index (Phi) is 9.79. The minimum Gasteiger partial charge on any atom is -0.490 e. The molecule has 2 aliphatic rings. The SMILES string of the molecule is NC1CCN(C(=O)[C@@H](N(CC(F)(F)F)S(=O)(=O)c2ccc3cc(OC4CCCC4)ccc3c2)C(F)(F)c2ccc(Br)cc2)CC1. The van der Waals surface area contributed by atoms with Crippen LogP contribution in [-0.4, -0.2) is 67.5 Å². The Morgan fingerprint density at radius 3 is 2.16 bits per heavy atom. The van der Waals surface area contributed by atoms with Crippen LogP contribution in [0.2, 0.25) is 0 Å².